The van der Waals surface area contributed by atoms with Crippen LogP contribution in [0.15, 0.2) is 36.4 Å². The molecule has 0 aliphatic rings. The lowest BCUT2D eigenvalue weighted by molar-refractivity contribution is 0.0747. The molecule has 0 spiro atoms. The molecule has 0 aliphatic heterocycles. The summed E-state index contributed by atoms with van der Waals surface area (Å²) in [6, 6.07) is 12.1. The van der Waals surface area contributed by atoms with Crippen LogP contribution < -0.4 is 5.73 Å². The van der Waals surface area contributed by atoms with Crippen LogP contribution in [-0.4, -0.2) is 23.9 Å². The monoisotopic (exact) mass is 316 g/mol. The summed E-state index contributed by atoms with van der Waals surface area (Å²) in [5.41, 5.74) is 7.99. The second-order valence-electron chi connectivity index (χ2n) is 5.42. The SMILES string of the molecule is CCc1sc(C(=O)N(CCCN)Cc2ccccc2)cc1C. The number of hydrogen-bond donors (Lipinski definition) is 1. The van der Waals surface area contributed by atoms with Crippen molar-refractivity contribution < 1.29 is 4.79 Å². The number of nitrogens with zero attached hydrogens (tertiary/aromatic N) is 1. The van der Waals surface area contributed by atoms with Crippen LogP contribution in [0.2, 0.25) is 0 Å². The Balaban J connectivity index is 2.17. The molecule has 1 aromatic carbocycles. The molecule has 4 heteroatoms. The van der Waals surface area contributed by atoms with Gasteiger partial charge in [0.05, 0.1) is 4.88 Å². The topological polar surface area (TPSA) is 46.3 Å². The molecule has 2 rings (SSSR count). The van der Waals surface area contributed by atoms with Crippen LogP contribution in [0, 0.1) is 6.92 Å². The number of carbonyl (C=O) groups is 1. The van der Waals surface area contributed by atoms with E-state index in [1.807, 2.05) is 29.2 Å². The number of amides is 1. The summed E-state index contributed by atoms with van der Waals surface area (Å²) in [5, 5.41) is 0. The van der Waals surface area contributed by atoms with Crippen molar-refractivity contribution in [3.05, 3.63) is 57.3 Å². The Hall–Kier alpha value is -1.65. The van der Waals surface area contributed by atoms with Gasteiger partial charge in [-0.2, -0.15) is 0 Å². The van der Waals surface area contributed by atoms with Gasteiger partial charge < -0.3 is 10.6 Å². The van der Waals surface area contributed by atoms with Crippen molar-refractivity contribution in [2.75, 3.05) is 13.1 Å². The van der Waals surface area contributed by atoms with Gasteiger partial charge in [-0.1, -0.05) is 37.3 Å². The van der Waals surface area contributed by atoms with Gasteiger partial charge in [0, 0.05) is 18.0 Å². The van der Waals surface area contributed by atoms with Crippen LogP contribution in [0.5, 0.6) is 0 Å². The van der Waals surface area contributed by atoms with Gasteiger partial charge in [-0.05, 0) is 43.5 Å². The van der Waals surface area contributed by atoms with E-state index in [1.54, 1.807) is 11.3 Å². The first-order valence-electron chi connectivity index (χ1n) is 7.78. The average molecular weight is 316 g/mol. The quantitative estimate of drug-likeness (QED) is 0.848. The molecule has 0 bridgehead atoms. The van der Waals surface area contributed by atoms with Crippen LogP contribution in [-0.2, 0) is 13.0 Å². The summed E-state index contributed by atoms with van der Waals surface area (Å²) in [7, 11) is 0. The maximum absolute atomic E-state index is 12.8. The number of thiophene rings is 1. The molecule has 0 aliphatic carbocycles. The predicted octanol–water partition coefficient (Wildman–Crippen LogP) is 3.61. The number of benzene rings is 1. The predicted molar refractivity (Wildman–Crippen MR) is 93.3 cm³/mol. The third-order valence-electron chi connectivity index (χ3n) is 3.69. The fourth-order valence-electron chi connectivity index (χ4n) is 2.47. The highest BCUT2D eigenvalue weighted by Crippen LogP contribution is 2.24. The Labute approximate surface area is 136 Å². The zero-order chi connectivity index (χ0) is 15.9. The maximum atomic E-state index is 12.8. The van der Waals surface area contributed by atoms with Gasteiger partial charge in [0.2, 0.25) is 0 Å². The molecule has 0 saturated heterocycles. The van der Waals surface area contributed by atoms with Gasteiger partial charge in [0.1, 0.15) is 0 Å². The second kappa shape index (κ2) is 8.11. The molecule has 2 aromatic rings. The third-order valence-corrected chi connectivity index (χ3v) is 5.06. The van der Waals surface area contributed by atoms with Crippen molar-refractivity contribution in [1.29, 1.82) is 0 Å². The van der Waals surface area contributed by atoms with Crippen LogP contribution in [0.25, 0.3) is 0 Å². The first-order valence-corrected chi connectivity index (χ1v) is 8.60. The van der Waals surface area contributed by atoms with Crippen LogP contribution in [0.1, 0.15) is 39.0 Å². The fraction of sp³-hybridized carbons (Fsp3) is 0.389. The van der Waals surface area contributed by atoms with E-state index >= 15 is 0 Å². The Kier molecular flexibility index (Phi) is 6.16. The van der Waals surface area contributed by atoms with Crippen LogP contribution in [0.3, 0.4) is 0 Å². The standard InChI is InChI=1S/C18H24N2OS/c1-3-16-14(2)12-17(22-16)18(21)20(11-7-10-19)13-15-8-5-4-6-9-15/h4-6,8-9,12H,3,7,10-11,13,19H2,1-2H3. The molecule has 1 amide bonds. The van der Waals surface area contributed by atoms with Gasteiger partial charge in [-0.3, -0.25) is 4.79 Å². The molecule has 0 fully saturated rings. The van der Waals surface area contributed by atoms with E-state index in [4.69, 9.17) is 5.73 Å². The normalized spacial score (nSPS) is 10.7. The molecule has 118 valence electrons. The molecule has 2 N–H and O–H groups in total. The van der Waals surface area contributed by atoms with E-state index in [0.717, 1.165) is 23.3 Å². The largest absolute Gasteiger partial charge is 0.334 e. The zero-order valence-corrected chi connectivity index (χ0v) is 14.2. The van der Waals surface area contributed by atoms with Gasteiger partial charge in [0.15, 0.2) is 0 Å². The summed E-state index contributed by atoms with van der Waals surface area (Å²) >= 11 is 1.62. The van der Waals surface area contributed by atoms with Crippen molar-refractivity contribution in [3.8, 4) is 0 Å². The van der Waals surface area contributed by atoms with E-state index < -0.39 is 0 Å². The minimum atomic E-state index is 0.116. The summed E-state index contributed by atoms with van der Waals surface area (Å²) < 4.78 is 0. The van der Waals surface area contributed by atoms with Gasteiger partial charge in [0.25, 0.3) is 5.91 Å². The number of carbonyl (C=O) groups excluding carboxylic acids is 1. The molecule has 22 heavy (non-hydrogen) atoms. The summed E-state index contributed by atoms with van der Waals surface area (Å²) in [4.78, 5) is 16.9. The highest BCUT2D eigenvalue weighted by molar-refractivity contribution is 7.14. The first kappa shape index (κ1) is 16.7. The lowest BCUT2D eigenvalue weighted by Gasteiger charge is -2.22. The van der Waals surface area contributed by atoms with Crippen molar-refractivity contribution >= 4 is 17.2 Å². The van der Waals surface area contributed by atoms with Crippen molar-refractivity contribution in [3.63, 3.8) is 0 Å². The average Bonchev–Trinajstić information content (AvgIpc) is 2.92. The second-order valence-corrected chi connectivity index (χ2v) is 6.56. The Morgan fingerprint density at radius 3 is 2.59 bits per heavy atom. The summed E-state index contributed by atoms with van der Waals surface area (Å²) in [5.74, 6) is 0.116. The van der Waals surface area contributed by atoms with Gasteiger partial charge in [-0.25, -0.2) is 0 Å². The fourth-order valence-corrected chi connectivity index (χ4v) is 3.55. The molecular weight excluding hydrogens is 292 g/mol. The zero-order valence-electron chi connectivity index (χ0n) is 13.3. The Bertz CT molecular complexity index is 607. The Morgan fingerprint density at radius 2 is 2.00 bits per heavy atom. The first-order chi connectivity index (χ1) is 10.7. The highest BCUT2D eigenvalue weighted by Gasteiger charge is 2.18. The van der Waals surface area contributed by atoms with Gasteiger partial charge >= 0.3 is 0 Å². The van der Waals surface area contributed by atoms with E-state index in [2.05, 4.69) is 26.0 Å². The van der Waals surface area contributed by atoms with E-state index in [9.17, 15) is 4.79 Å². The van der Waals surface area contributed by atoms with E-state index in [1.165, 1.54) is 10.4 Å². The van der Waals surface area contributed by atoms with Crippen molar-refractivity contribution in [1.82, 2.24) is 4.90 Å². The summed E-state index contributed by atoms with van der Waals surface area (Å²) in [6.07, 6.45) is 1.80. The number of nitrogens with two attached hydrogens (primary N) is 1. The molecule has 0 saturated carbocycles. The lowest BCUT2D eigenvalue weighted by atomic mass is 10.2. The van der Waals surface area contributed by atoms with E-state index in [-0.39, 0.29) is 5.91 Å². The van der Waals surface area contributed by atoms with Crippen molar-refractivity contribution in [2.45, 2.75) is 33.2 Å². The number of hydrogen-bond acceptors (Lipinski definition) is 3. The van der Waals surface area contributed by atoms with Crippen LogP contribution in [0.4, 0.5) is 0 Å². The smallest absolute Gasteiger partial charge is 0.264 e. The molecule has 0 unspecified atom stereocenters. The van der Waals surface area contributed by atoms with E-state index in [0.29, 0.717) is 19.6 Å². The number of aryl methyl sites for hydroxylation is 2. The molecule has 1 aromatic heterocycles. The minimum Gasteiger partial charge on any atom is -0.334 e. The van der Waals surface area contributed by atoms with Crippen molar-refractivity contribution in [2.24, 2.45) is 5.73 Å². The molecule has 0 radical (unpaired) electrons. The molecule has 1 heterocycles. The molecular formula is C18H24N2OS. The van der Waals surface area contributed by atoms with Gasteiger partial charge in [-0.15, -0.1) is 11.3 Å². The molecule has 3 nitrogen and oxygen atoms in total. The summed E-state index contributed by atoms with van der Waals surface area (Å²) in [6.45, 7) is 6.14. The Morgan fingerprint density at radius 1 is 1.27 bits per heavy atom. The lowest BCUT2D eigenvalue weighted by Crippen LogP contribution is -2.32. The molecule has 0 atom stereocenters. The number of rotatable bonds is 7. The van der Waals surface area contributed by atoms with Crippen LogP contribution >= 0.6 is 11.3 Å². The third kappa shape index (κ3) is 4.18. The maximum Gasteiger partial charge on any atom is 0.264 e. The highest BCUT2D eigenvalue weighted by atomic mass is 32.1. The minimum absolute atomic E-state index is 0.116.